The summed E-state index contributed by atoms with van der Waals surface area (Å²) >= 11 is 0. The van der Waals surface area contributed by atoms with E-state index < -0.39 is 0 Å². The number of aryl methyl sites for hydroxylation is 2. The Bertz CT molecular complexity index is 535. The van der Waals surface area contributed by atoms with Gasteiger partial charge in [0.1, 0.15) is 0 Å². The molecule has 1 N–H and O–H groups in total. The van der Waals surface area contributed by atoms with Crippen LogP contribution in [0.2, 0.25) is 0 Å². The number of rotatable bonds is 4. The van der Waals surface area contributed by atoms with Crippen molar-refractivity contribution >= 4 is 17.6 Å². The van der Waals surface area contributed by atoms with E-state index in [1.807, 2.05) is 25.1 Å². The van der Waals surface area contributed by atoms with Crippen LogP contribution < -0.4 is 5.32 Å². The molecule has 0 atom stereocenters. The molecule has 1 heterocycles. The minimum atomic E-state index is -0.213. The van der Waals surface area contributed by atoms with Gasteiger partial charge in [-0.1, -0.05) is 39.0 Å². The van der Waals surface area contributed by atoms with Crippen molar-refractivity contribution in [2.24, 2.45) is 0 Å². The summed E-state index contributed by atoms with van der Waals surface area (Å²) in [5, 5.41) is 6.13. The zero-order valence-electron chi connectivity index (χ0n) is 13.7. The molecule has 2 rings (SSSR count). The van der Waals surface area contributed by atoms with Gasteiger partial charge in [-0.25, -0.2) is 9.80 Å². The van der Waals surface area contributed by atoms with Crippen LogP contribution in [0.15, 0.2) is 18.2 Å². The van der Waals surface area contributed by atoms with Crippen molar-refractivity contribution in [3.63, 3.8) is 0 Å². The van der Waals surface area contributed by atoms with Gasteiger partial charge in [0.05, 0.1) is 0 Å². The topological polar surface area (TPSA) is 52.7 Å². The van der Waals surface area contributed by atoms with E-state index in [9.17, 15) is 9.59 Å². The Morgan fingerprint density at radius 3 is 2.18 bits per heavy atom. The van der Waals surface area contributed by atoms with Crippen LogP contribution in [0, 0.1) is 0 Å². The Labute approximate surface area is 132 Å². The fraction of sp³-hybridized carbons (Fsp3) is 0.529. The van der Waals surface area contributed by atoms with Gasteiger partial charge in [0.2, 0.25) is 5.91 Å². The molecular formula is C17H25N3O2. The number of anilines is 1. The van der Waals surface area contributed by atoms with Crippen molar-refractivity contribution in [2.45, 2.75) is 46.5 Å². The van der Waals surface area contributed by atoms with E-state index in [1.165, 1.54) is 5.01 Å². The summed E-state index contributed by atoms with van der Waals surface area (Å²) in [6.07, 6.45) is 2.97. The molecule has 1 aliphatic heterocycles. The number of urea groups is 1. The maximum absolute atomic E-state index is 12.6. The Morgan fingerprint density at radius 1 is 1.05 bits per heavy atom. The molecule has 1 aromatic carbocycles. The highest BCUT2D eigenvalue weighted by Crippen LogP contribution is 2.24. The van der Waals surface area contributed by atoms with Crippen molar-refractivity contribution < 1.29 is 9.59 Å². The van der Waals surface area contributed by atoms with E-state index in [4.69, 9.17) is 0 Å². The van der Waals surface area contributed by atoms with Crippen molar-refractivity contribution in [1.29, 1.82) is 0 Å². The molecule has 0 bridgehead atoms. The second-order valence-electron chi connectivity index (χ2n) is 5.44. The van der Waals surface area contributed by atoms with Gasteiger partial charge >= 0.3 is 6.03 Å². The Kier molecular flexibility index (Phi) is 5.41. The molecule has 3 amide bonds. The van der Waals surface area contributed by atoms with Gasteiger partial charge in [0.15, 0.2) is 0 Å². The summed E-state index contributed by atoms with van der Waals surface area (Å²) in [7, 11) is 0. The van der Waals surface area contributed by atoms with Gasteiger partial charge in [-0.2, -0.15) is 0 Å². The molecule has 1 aromatic rings. The van der Waals surface area contributed by atoms with Crippen LogP contribution in [0.25, 0.3) is 0 Å². The summed E-state index contributed by atoms with van der Waals surface area (Å²) in [5.41, 5.74) is 3.15. The van der Waals surface area contributed by atoms with Crippen molar-refractivity contribution in [3.05, 3.63) is 29.3 Å². The minimum Gasteiger partial charge on any atom is -0.306 e. The SMILES string of the molecule is CCC(=O)N1CCCN1C(=O)Nc1c(CC)cccc1CC. The summed E-state index contributed by atoms with van der Waals surface area (Å²) in [5.74, 6) is -0.00728. The first-order valence-electron chi connectivity index (χ1n) is 8.11. The first-order chi connectivity index (χ1) is 10.6. The Morgan fingerprint density at radius 2 is 1.64 bits per heavy atom. The van der Waals surface area contributed by atoms with Crippen molar-refractivity contribution in [2.75, 3.05) is 18.4 Å². The molecule has 5 nitrogen and oxygen atoms in total. The predicted molar refractivity (Wildman–Crippen MR) is 87.5 cm³/mol. The predicted octanol–water partition coefficient (Wildman–Crippen LogP) is 3.20. The third-order valence-electron chi connectivity index (χ3n) is 4.09. The molecule has 22 heavy (non-hydrogen) atoms. The third-order valence-corrected chi connectivity index (χ3v) is 4.09. The summed E-state index contributed by atoms with van der Waals surface area (Å²) in [4.78, 5) is 24.5. The minimum absolute atomic E-state index is 0.00728. The molecule has 0 saturated carbocycles. The normalized spacial score (nSPS) is 14.3. The van der Waals surface area contributed by atoms with Gasteiger partial charge in [0, 0.05) is 25.2 Å². The molecule has 0 aromatic heterocycles. The molecule has 1 fully saturated rings. The van der Waals surface area contributed by atoms with Gasteiger partial charge in [-0.05, 0) is 30.4 Å². The lowest BCUT2D eigenvalue weighted by molar-refractivity contribution is -0.139. The molecule has 0 radical (unpaired) electrons. The van der Waals surface area contributed by atoms with Crippen LogP contribution in [0.5, 0.6) is 0 Å². The summed E-state index contributed by atoms with van der Waals surface area (Å²) in [6.45, 7) is 7.18. The van der Waals surface area contributed by atoms with Crippen LogP contribution in [0.1, 0.15) is 44.7 Å². The van der Waals surface area contributed by atoms with Crippen LogP contribution in [0.3, 0.4) is 0 Å². The molecule has 0 unspecified atom stereocenters. The number of hydrogen-bond acceptors (Lipinski definition) is 2. The number of benzene rings is 1. The zero-order valence-corrected chi connectivity index (χ0v) is 13.7. The smallest absolute Gasteiger partial charge is 0.306 e. The van der Waals surface area contributed by atoms with Gasteiger partial charge in [0.25, 0.3) is 0 Å². The summed E-state index contributed by atoms with van der Waals surface area (Å²) < 4.78 is 0. The quantitative estimate of drug-likeness (QED) is 0.928. The van der Waals surface area contributed by atoms with Crippen LogP contribution >= 0.6 is 0 Å². The fourth-order valence-electron chi connectivity index (χ4n) is 2.84. The fourth-order valence-corrected chi connectivity index (χ4v) is 2.84. The highest BCUT2D eigenvalue weighted by molar-refractivity contribution is 5.92. The van der Waals surface area contributed by atoms with Gasteiger partial charge in [-0.15, -0.1) is 0 Å². The van der Waals surface area contributed by atoms with E-state index in [1.54, 1.807) is 5.01 Å². The average Bonchev–Trinajstić information content (AvgIpc) is 3.03. The number of nitrogens with zero attached hydrogens (tertiary/aromatic N) is 2. The second-order valence-corrected chi connectivity index (χ2v) is 5.44. The van der Waals surface area contributed by atoms with E-state index in [0.717, 1.165) is 36.1 Å². The number of nitrogens with one attached hydrogen (secondary N) is 1. The number of para-hydroxylation sites is 1. The number of carbonyl (C=O) groups is 2. The first kappa shape index (κ1) is 16.3. The zero-order chi connectivity index (χ0) is 16.1. The van der Waals surface area contributed by atoms with Crippen molar-refractivity contribution in [1.82, 2.24) is 10.0 Å². The van der Waals surface area contributed by atoms with Crippen molar-refractivity contribution in [3.8, 4) is 0 Å². The lowest BCUT2D eigenvalue weighted by Crippen LogP contribution is -2.46. The summed E-state index contributed by atoms with van der Waals surface area (Å²) in [6, 6.07) is 5.88. The van der Waals surface area contributed by atoms with Crippen LogP contribution in [-0.4, -0.2) is 35.0 Å². The van der Waals surface area contributed by atoms with Gasteiger partial charge < -0.3 is 5.32 Å². The van der Waals surface area contributed by atoms with E-state index in [0.29, 0.717) is 19.5 Å². The molecular weight excluding hydrogens is 278 g/mol. The van der Waals surface area contributed by atoms with Gasteiger partial charge in [-0.3, -0.25) is 9.80 Å². The largest absolute Gasteiger partial charge is 0.340 e. The molecule has 0 aliphatic carbocycles. The van der Waals surface area contributed by atoms with E-state index in [2.05, 4.69) is 19.2 Å². The maximum atomic E-state index is 12.6. The number of amides is 3. The molecule has 1 aliphatic rings. The van der Waals surface area contributed by atoms with Crippen LogP contribution in [0.4, 0.5) is 10.5 Å². The monoisotopic (exact) mass is 303 g/mol. The number of hydrazine groups is 1. The highest BCUT2D eigenvalue weighted by atomic mass is 16.2. The Hall–Kier alpha value is -2.04. The molecule has 1 saturated heterocycles. The molecule has 120 valence electrons. The first-order valence-corrected chi connectivity index (χ1v) is 8.11. The van der Waals surface area contributed by atoms with E-state index >= 15 is 0 Å². The Balaban J connectivity index is 2.20. The second kappa shape index (κ2) is 7.29. The number of hydrogen-bond donors (Lipinski definition) is 1. The highest BCUT2D eigenvalue weighted by Gasteiger charge is 2.30. The maximum Gasteiger partial charge on any atom is 0.340 e. The number of carbonyl (C=O) groups excluding carboxylic acids is 2. The standard InChI is InChI=1S/C17H25N3O2/c1-4-13-9-7-10-14(5-2)16(13)18-17(22)20-12-8-11-19(20)15(21)6-3/h7,9-10H,4-6,8,11-12H2,1-3H3,(H,18,22). The lowest BCUT2D eigenvalue weighted by atomic mass is 10.0. The van der Waals surface area contributed by atoms with E-state index in [-0.39, 0.29) is 11.9 Å². The third kappa shape index (κ3) is 3.24. The molecule has 5 heteroatoms. The van der Waals surface area contributed by atoms with Crippen LogP contribution in [-0.2, 0) is 17.6 Å². The average molecular weight is 303 g/mol. The lowest BCUT2D eigenvalue weighted by Gasteiger charge is -2.28. The molecule has 0 spiro atoms.